The number of ketones is 1. The van der Waals surface area contributed by atoms with Crippen molar-refractivity contribution < 1.29 is 9.53 Å². The summed E-state index contributed by atoms with van der Waals surface area (Å²) in [5, 5.41) is 0. The third kappa shape index (κ3) is 7.98. The third-order valence-electron chi connectivity index (χ3n) is 6.33. The largest absolute Gasteiger partial charge is 0.489 e. The van der Waals surface area contributed by atoms with E-state index in [1.54, 1.807) is 11.8 Å². The van der Waals surface area contributed by atoms with Crippen molar-refractivity contribution in [1.82, 2.24) is 4.90 Å². The molecule has 0 radical (unpaired) electrons. The molecule has 0 aliphatic carbocycles. The van der Waals surface area contributed by atoms with Gasteiger partial charge in [-0.25, -0.2) is 0 Å². The maximum Gasteiger partial charge on any atom is 0.182 e. The number of rotatable bonds is 14. The van der Waals surface area contributed by atoms with Gasteiger partial charge < -0.3 is 4.74 Å². The molecule has 186 valence electrons. The van der Waals surface area contributed by atoms with Crippen LogP contribution >= 0.6 is 11.8 Å². The van der Waals surface area contributed by atoms with Crippen molar-refractivity contribution in [3.8, 4) is 5.75 Å². The van der Waals surface area contributed by atoms with E-state index in [0.717, 1.165) is 65.4 Å². The van der Waals surface area contributed by atoms with E-state index in [9.17, 15) is 4.79 Å². The number of Topliss-reactive ketones (excluding diaryl/α,β-unsaturated/α-hetero) is 1. The number of ether oxygens (including phenoxy) is 1. The minimum atomic E-state index is -0.505. The Bertz CT molecular complexity index is 1020. The Morgan fingerprint density at radius 2 is 1.34 bits per heavy atom. The lowest BCUT2D eigenvalue weighted by atomic mass is 9.90. The highest BCUT2D eigenvalue weighted by Crippen LogP contribution is 2.30. The lowest BCUT2D eigenvalue weighted by molar-refractivity contribution is 0.0630. The molecule has 0 aromatic heterocycles. The molecule has 0 unspecified atom stereocenters. The number of nitrogens with zero attached hydrogens (tertiary/aromatic N) is 1. The zero-order valence-electron chi connectivity index (χ0n) is 21.6. The van der Waals surface area contributed by atoms with Crippen LogP contribution in [0.3, 0.4) is 0 Å². The van der Waals surface area contributed by atoms with Crippen LogP contribution in [0.4, 0.5) is 0 Å². The van der Waals surface area contributed by atoms with Crippen LogP contribution in [0.15, 0.2) is 88.7 Å². The Kier molecular flexibility index (Phi) is 10.4. The first-order valence-electron chi connectivity index (χ1n) is 12.8. The summed E-state index contributed by atoms with van der Waals surface area (Å²) in [6.45, 7) is 11.1. The van der Waals surface area contributed by atoms with Gasteiger partial charge in [-0.2, -0.15) is 0 Å². The molecule has 0 fully saturated rings. The number of hydrogen-bond acceptors (Lipinski definition) is 4. The Morgan fingerprint density at radius 3 is 1.89 bits per heavy atom. The average Bonchev–Trinajstić information content (AvgIpc) is 2.89. The first-order valence-corrected chi connectivity index (χ1v) is 13.6. The Hall–Kier alpha value is -2.56. The maximum atomic E-state index is 13.4. The summed E-state index contributed by atoms with van der Waals surface area (Å²) in [6.07, 6.45) is 4.51. The van der Waals surface area contributed by atoms with E-state index in [4.69, 9.17) is 4.74 Å². The zero-order chi connectivity index (χ0) is 25.1. The Morgan fingerprint density at radius 1 is 0.800 bits per heavy atom. The van der Waals surface area contributed by atoms with Crippen LogP contribution in [0, 0.1) is 0 Å². The summed E-state index contributed by atoms with van der Waals surface area (Å²) in [4.78, 5) is 18.1. The molecule has 0 spiro atoms. The molecular weight excluding hydrogens is 450 g/mol. The standard InChI is InChI=1S/C31H39NO2S/c1-5-7-22-32(23-8-6-2)31(3,4)30(33)26-14-18-28(19-15-26)35-29-20-16-27(17-21-29)34-24-25-12-10-9-11-13-25/h9-21H,5-8,22-24H2,1-4H3. The van der Waals surface area contributed by atoms with Crippen LogP contribution in [0.5, 0.6) is 5.75 Å². The van der Waals surface area contributed by atoms with Gasteiger partial charge in [0.2, 0.25) is 0 Å². The second-order valence-corrected chi connectivity index (χ2v) is 10.6. The van der Waals surface area contributed by atoms with Crippen molar-refractivity contribution >= 4 is 17.5 Å². The Labute approximate surface area is 215 Å². The van der Waals surface area contributed by atoms with E-state index >= 15 is 0 Å². The number of carbonyl (C=O) groups excluding carboxylic acids is 1. The van der Waals surface area contributed by atoms with Crippen molar-refractivity contribution in [3.63, 3.8) is 0 Å². The third-order valence-corrected chi connectivity index (χ3v) is 7.35. The van der Waals surface area contributed by atoms with E-state index in [1.165, 1.54) is 0 Å². The minimum absolute atomic E-state index is 0.196. The summed E-state index contributed by atoms with van der Waals surface area (Å²) in [6, 6.07) is 26.4. The van der Waals surface area contributed by atoms with Crippen LogP contribution in [0.1, 0.15) is 69.3 Å². The smallest absolute Gasteiger partial charge is 0.182 e. The van der Waals surface area contributed by atoms with Gasteiger partial charge in [0.1, 0.15) is 12.4 Å². The van der Waals surface area contributed by atoms with Crippen molar-refractivity contribution in [2.75, 3.05) is 13.1 Å². The molecule has 0 aliphatic heterocycles. The van der Waals surface area contributed by atoms with Crippen molar-refractivity contribution in [1.29, 1.82) is 0 Å². The van der Waals surface area contributed by atoms with Gasteiger partial charge in [-0.1, -0.05) is 80.9 Å². The first kappa shape index (κ1) is 27.0. The molecule has 35 heavy (non-hydrogen) atoms. The maximum absolute atomic E-state index is 13.4. The van der Waals surface area contributed by atoms with Crippen LogP contribution in [-0.4, -0.2) is 29.3 Å². The number of unbranched alkanes of at least 4 members (excludes halogenated alkanes) is 2. The van der Waals surface area contributed by atoms with Gasteiger partial charge in [0.15, 0.2) is 5.78 Å². The second-order valence-electron chi connectivity index (χ2n) is 9.45. The predicted molar refractivity (Wildman–Crippen MR) is 148 cm³/mol. The van der Waals surface area contributed by atoms with E-state index < -0.39 is 5.54 Å². The summed E-state index contributed by atoms with van der Waals surface area (Å²) < 4.78 is 5.89. The highest BCUT2D eigenvalue weighted by molar-refractivity contribution is 7.99. The topological polar surface area (TPSA) is 29.5 Å². The zero-order valence-corrected chi connectivity index (χ0v) is 22.4. The molecule has 3 nitrogen and oxygen atoms in total. The van der Waals surface area contributed by atoms with E-state index in [2.05, 4.69) is 69.0 Å². The lowest BCUT2D eigenvalue weighted by Gasteiger charge is -2.37. The van der Waals surface area contributed by atoms with Gasteiger partial charge in [0.25, 0.3) is 0 Å². The highest BCUT2D eigenvalue weighted by atomic mass is 32.2. The fourth-order valence-electron chi connectivity index (χ4n) is 4.02. The van der Waals surface area contributed by atoms with Crippen LogP contribution in [-0.2, 0) is 6.61 Å². The van der Waals surface area contributed by atoms with Gasteiger partial charge in [0, 0.05) is 15.4 Å². The summed E-state index contributed by atoms with van der Waals surface area (Å²) in [7, 11) is 0. The van der Waals surface area contributed by atoms with Crippen molar-refractivity contribution in [2.45, 2.75) is 75.3 Å². The Balaban J connectivity index is 1.60. The fraction of sp³-hybridized carbons (Fsp3) is 0.387. The fourth-order valence-corrected chi connectivity index (χ4v) is 4.84. The summed E-state index contributed by atoms with van der Waals surface area (Å²) in [5.41, 5.74) is 1.43. The average molecular weight is 490 g/mol. The molecule has 0 atom stereocenters. The molecule has 0 amide bonds. The summed E-state index contributed by atoms with van der Waals surface area (Å²) >= 11 is 1.69. The van der Waals surface area contributed by atoms with Crippen LogP contribution in [0.2, 0.25) is 0 Å². The van der Waals surface area contributed by atoms with Gasteiger partial charge in [-0.05, 0) is 81.7 Å². The van der Waals surface area contributed by atoms with Crippen molar-refractivity contribution in [2.24, 2.45) is 0 Å². The van der Waals surface area contributed by atoms with E-state index in [0.29, 0.717) is 6.61 Å². The molecule has 0 N–H and O–H groups in total. The molecule has 3 rings (SSSR count). The molecule has 3 aromatic carbocycles. The molecule has 4 heteroatoms. The highest BCUT2D eigenvalue weighted by Gasteiger charge is 2.34. The lowest BCUT2D eigenvalue weighted by Crippen LogP contribution is -2.50. The summed E-state index contributed by atoms with van der Waals surface area (Å²) in [5.74, 6) is 1.05. The SMILES string of the molecule is CCCCN(CCCC)C(C)(C)C(=O)c1ccc(Sc2ccc(OCc3ccccc3)cc2)cc1. The van der Waals surface area contributed by atoms with E-state index in [-0.39, 0.29) is 5.78 Å². The van der Waals surface area contributed by atoms with Crippen LogP contribution in [0.25, 0.3) is 0 Å². The first-order chi connectivity index (χ1) is 16.9. The normalized spacial score (nSPS) is 11.6. The number of carbonyl (C=O) groups is 1. The molecule has 0 saturated carbocycles. The van der Waals surface area contributed by atoms with Gasteiger partial charge in [-0.15, -0.1) is 0 Å². The van der Waals surface area contributed by atoms with Crippen LogP contribution < -0.4 is 4.74 Å². The molecule has 0 saturated heterocycles. The molecule has 3 aromatic rings. The quantitative estimate of drug-likeness (QED) is 0.213. The van der Waals surface area contributed by atoms with Gasteiger partial charge in [0.05, 0.1) is 5.54 Å². The second kappa shape index (κ2) is 13.5. The molecular formula is C31H39NO2S. The van der Waals surface area contributed by atoms with Gasteiger partial charge in [-0.3, -0.25) is 9.69 Å². The van der Waals surface area contributed by atoms with Crippen molar-refractivity contribution in [3.05, 3.63) is 90.0 Å². The predicted octanol–water partition coefficient (Wildman–Crippen LogP) is 8.28. The molecule has 0 heterocycles. The number of hydrogen-bond donors (Lipinski definition) is 0. The number of benzene rings is 3. The minimum Gasteiger partial charge on any atom is -0.489 e. The monoisotopic (exact) mass is 489 g/mol. The molecule has 0 bridgehead atoms. The van der Waals surface area contributed by atoms with Gasteiger partial charge >= 0.3 is 0 Å². The molecule has 0 aliphatic rings. The van der Waals surface area contributed by atoms with E-state index in [1.807, 2.05) is 42.5 Å².